The summed E-state index contributed by atoms with van der Waals surface area (Å²) in [6.45, 7) is 2.00. The third-order valence-corrected chi connectivity index (χ3v) is 3.87. The molecule has 0 aliphatic rings. The van der Waals surface area contributed by atoms with E-state index in [4.69, 9.17) is 5.26 Å². The maximum absolute atomic E-state index is 9.04. The maximum Gasteiger partial charge on any atom is 0.0994 e. The summed E-state index contributed by atoms with van der Waals surface area (Å²) < 4.78 is 0. The lowest BCUT2D eigenvalue weighted by atomic mass is 10.1. The summed E-state index contributed by atoms with van der Waals surface area (Å²) in [4.78, 5) is 0. The van der Waals surface area contributed by atoms with Gasteiger partial charge in [0.15, 0.2) is 0 Å². The van der Waals surface area contributed by atoms with Gasteiger partial charge in [0.2, 0.25) is 0 Å². The quantitative estimate of drug-likeness (QED) is 0.706. The summed E-state index contributed by atoms with van der Waals surface area (Å²) >= 11 is 0. The van der Waals surface area contributed by atoms with Crippen LogP contribution in [0.5, 0.6) is 0 Å². The highest BCUT2D eigenvalue weighted by Gasteiger charge is 1.99. The minimum absolute atomic E-state index is 0.798. The van der Waals surface area contributed by atoms with E-state index >= 15 is 0 Å². The van der Waals surface area contributed by atoms with Crippen LogP contribution in [0.2, 0.25) is 0 Å². The van der Waals surface area contributed by atoms with E-state index in [-0.39, 0.29) is 0 Å². The molecule has 0 fully saturated rings. The number of aryl methyl sites for hydroxylation is 1. The number of nitriles is 1. The van der Waals surface area contributed by atoms with Gasteiger partial charge in [-0.05, 0) is 56.0 Å². The Bertz CT molecular complexity index is 584. The summed E-state index contributed by atoms with van der Waals surface area (Å²) in [5, 5.41) is 12.5. The molecule has 2 aromatic carbocycles. The van der Waals surface area contributed by atoms with E-state index in [1.807, 2.05) is 24.3 Å². The van der Waals surface area contributed by atoms with Crippen LogP contribution in [0.4, 0.5) is 0 Å². The summed E-state index contributed by atoms with van der Waals surface area (Å²) in [7, 11) is 0. The molecule has 0 bridgehead atoms. The minimum Gasteiger partial charge on any atom is -0.316 e. The molecule has 22 heavy (non-hydrogen) atoms. The van der Waals surface area contributed by atoms with Crippen molar-refractivity contribution in [1.29, 1.82) is 5.26 Å². The number of benzene rings is 2. The second-order valence-electron chi connectivity index (χ2n) is 5.57. The van der Waals surface area contributed by atoms with Gasteiger partial charge in [-0.1, -0.05) is 55.0 Å². The van der Waals surface area contributed by atoms with E-state index in [0.29, 0.717) is 0 Å². The molecule has 0 aromatic heterocycles. The lowest BCUT2D eigenvalue weighted by Crippen LogP contribution is -2.18. The smallest absolute Gasteiger partial charge is 0.0994 e. The van der Waals surface area contributed by atoms with Gasteiger partial charge in [-0.3, -0.25) is 0 Å². The molecule has 0 spiro atoms. The monoisotopic (exact) mass is 292 g/mol. The van der Waals surface area contributed by atoms with Crippen LogP contribution in [-0.4, -0.2) is 13.1 Å². The molecular weight excluding hydrogens is 268 g/mol. The average Bonchev–Trinajstić information content (AvgIpc) is 2.58. The number of hydrogen-bond acceptors (Lipinski definition) is 2. The SMILES string of the molecule is N#Cc1ccccc1CCNCCCCCc1ccccc1. The Morgan fingerprint density at radius 3 is 2.36 bits per heavy atom. The second kappa shape index (κ2) is 9.76. The van der Waals surface area contributed by atoms with Crippen molar-refractivity contribution in [3.8, 4) is 6.07 Å². The van der Waals surface area contributed by atoms with E-state index in [1.165, 1.54) is 31.2 Å². The van der Waals surface area contributed by atoms with E-state index in [2.05, 4.69) is 41.7 Å². The molecule has 0 aliphatic heterocycles. The number of hydrogen-bond donors (Lipinski definition) is 1. The van der Waals surface area contributed by atoms with Gasteiger partial charge in [-0.25, -0.2) is 0 Å². The van der Waals surface area contributed by atoms with E-state index in [0.717, 1.165) is 30.6 Å². The Morgan fingerprint density at radius 2 is 1.55 bits per heavy atom. The first kappa shape index (κ1) is 16.3. The van der Waals surface area contributed by atoms with E-state index in [9.17, 15) is 0 Å². The Hall–Kier alpha value is -2.11. The van der Waals surface area contributed by atoms with Gasteiger partial charge in [0.05, 0.1) is 11.6 Å². The van der Waals surface area contributed by atoms with Gasteiger partial charge >= 0.3 is 0 Å². The molecule has 0 aliphatic carbocycles. The highest BCUT2D eigenvalue weighted by atomic mass is 14.8. The largest absolute Gasteiger partial charge is 0.316 e. The fraction of sp³-hybridized carbons (Fsp3) is 0.350. The Morgan fingerprint density at radius 1 is 0.773 bits per heavy atom. The highest BCUT2D eigenvalue weighted by Crippen LogP contribution is 2.08. The Balaban J connectivity index is 1.52. The number of nitrogens with one attached hydrogen (secondary N) is 1. The molecule has 0 atom stereocenters. The molecular formula is C20H24N2. The minimum atomic E-state index is 0.798. The number of rotatable bonds is 9. The lowest BCUT2D eigenvalue weighted by molar-refractivity contribution is 0.603. The van der Waals surface area contributed by atoms with Gasteiger partial charge < -0.3 is 5.32 Å². The van der Waals surface area contributed by atoms with Crippen LogP contribution in [0, 0.1) is 11.3 Å². The Kier molecular flexibility index (Phi) is 7.21. The average molecular weight is 292 g/mol. The topological polar surface area (TPSA) is 35.8 Å². The zero-order valence-electron chi connectivity index (χ0n) is 13.1. The molecule has 0 heterocycles. The normalized spacial score (nSPS) is 10.3. The number of nitrogens with zero attached hydrogens (tertiary/aromatic N) is 1. The molecule has 2 heteroatoms. The van der Waals surface area contributed by atoms with Crippen LogP contribution in [0.3, 0.4) is 0 Å². The zero-order valence-corrected chi connectivity index (χ0v) is 13.1. The van der Waals surface area contributed by atoms with Gasteiger partial charge in [-0.15, -0.1) is 0 Å². The van der Waals surface area contributed by atoms with Gasteiger partial charge in [-0.2, -0.15) is 5.26 Å². The van der Waals surface area contributed by atoms with E-state index in [1.54, 1.807) is 0 Å². The van der Waals surface area contributed by atoms with Crippen molar-refractivity contribution in [2.24, 2.45) is 0 Å². The molecule has 0 saturated heterocycles. The van der Waals surface area contributed by atoms with Crippen LogP contribution >= 0.6 is 0 Å². The van der Waals surface area contributed by atoms with Gasteiger partial charge in [0.25, 0.3) is 0 Å². The first-order valence-corrected chi connectivity index (χ1v) is 8.13. The fourth-order valence-electron chi connectivity index (χ4n) is 2.60. The van der Waals surface area contributed by atoms with Crippen molar-refractivity contribution >= 4 is 0 Å². The van der Waals surface area contributed by atoms with E-state index < -0.39 is 0 Å². The lowest BCUT2D eigenvalue weighted by Gasteiger charge is -2.06. The third-order valence-electron chi connectivity index (χ3n) is 3.87. The first-order valence-electron chi connectivity index (χ1n) is 8.13. The molecule has 0 saturated carbocycles. The van der Waals surface area contributed by atoms with Crippen LogP contribution in [0.25, 0.3) is 0 Å². The van der Waals surface area contributed by atoms with Gasteiger partial charge in [0, 0.05) is 0 Å². The van der Waals surface area contributed by atoms with Crippen LogP contribution in [0.15, 0.2) is 54.6 Å². The van der Waals surface area contributed by atoms with Crippen molar-refractivity contribution in [2.45, 2.75) is 32.1 Å². The van der Waals surface area contributed by atoms with Crippen molar-refractivity contribution in [3.63, 3.8) is 0 Å². The standard InChI is InChI=1S/C20H24N2/c21-17-20-13-7-6-12-19(20)14-16-22-15-8-2-5-11-18-9-3-1-4-10-18/h1,3-4,6-7,9-10,12-13,22H,2,5,8,11,14-16H2. The summed E-state index contributed by atoms with van der Waals surface area (Å²) in [5.74, 6) is 0. The molecule has 2 rings (SSSR count). The third kappa shape index (κ3) is 5.71. The predicted molar refractivity (Wildman–Crippen MR) is 91.7 cm³/mol. The van der Waals surface area contributed by atoms with Crippen LogP contribution in [-0.2, 0) is 12.8 Å². The molecule has 1 N–H and O–H groups in total. The van der Waals surface area contributed by atoms with Crippen molar-refractivity contribution < 1.29 is 0 Å². The maximum atomic E-state index is 9.04. The van der Waals surface area contributed by atoms with Crippen molar-refractivity contribution in [2.75, 3.05) is 13.1 Å². The van der Waals surface area contributed by atoms with Crippen molar-refractivity contribution in [3.05, 3.63) is 71.3 Å². The van der Waals surface area contributed by atoms with Crippen LogP contribution < -0.4 is 5.32 Å². The molecule has 114 valence electrons. The number of unbranched alkanes of at least 4 members (excludes halogenated alkanes) is 2. The highest BCUT2D eigenvalue weighted by molar-refractivity contribution is 5.37. The first-order chi connectivity index (χ1) is 10.9. The molecule has 2 aromatic rings. The summed E-state index contributed by atoms with van der Waals surface area (Å²) in [5.41, 5.74) is 3.37. The molecule has 2 nitrogen and oxygen atoms in total. The summed E-state index contributed by atoms with van der Waals surface area (Å²) in [6.07, 6.45) is 5.83. The molecule has 0 radical (unpaired) electrons. The molecule has 0 amide bonds. The van der Waals surface area contributed by atoms with Crippen LogP contribution in [0.1, 0.15) is 36.0 Å². The zero-order chi connectivity index (χ0) is 15.5. The Labute approximate surface area is 133 Å². The second-order valence-corrected chi connectivity index (χ2v) is 5.57. The van der Waals surface area contributed by atoms with Gasteiger partial charge in [0.1, 0.15) is 0 Å². The molecule has 0 unspecified atom stereocenters. The predicted octanol–water partition coefficient (Wildman–Crippen LogP) is 4.10. The fourth-order valence-corrected chi connectivity index (χ4v) is 2.60. The summed E-state index contributed by atoms with van der Waals surface area (Å²) in [6, 6.07) is 20.8. The van der Waals surface area contributed by atoms with Crippen molar-refractivity contribution in [1.82, 2.24) is 5.32 Å².